The first kappa shape index (κ1) is 8.40. The molecule has 13 heavy (non-hydrogen) atoms. The molecule has 6 heteroatoms. The van der Waals surface area contributed by atoms with Gasteiger partial charge in [0.1, 0.15) is 5.02 Å². The van der Waals surface area contributed by atoms with Gasteiger partial charge < -0.3 is 0 Å². The standard InChI is InChI=1S/C7H3ClN2O2S/c8-5-2-1-4-3-13-9-6(4)7(5)10(11)12/h1-3H. The smallest absolute Gasteiger partial charge is 0.258 e. The minimum absolute atomic E-state index is 0.111. The van der Waals surface area contributed by atoms with Crippen LogP contribution in [0.15, 0.2) is 17.5 Å². The zero-order valence-electron chi connectivity index (χ0n) is 6.23. The SMILES string of the molecule is O=[N+]([O-])c1c(Cl)ccc2csnc12. The summed E-state index contributed by atoms with van der Waals surface area (Å²) in [6.07, 6.45) is 0. The average molecular weight is 215 g/mol. The number of rotatable bonds is 1. The number of nitro benzene ring substituents is 1. The van der Waals surface area contributed by atoms with Gasteiger partial charge in [-0.05, 0) is 23.7 Å². The second-order valence-corrected chi connectivity index (χ2v) is 3.44. The number of fused-ring (bicyclic) bond motifs is 1. The predicted molar refractivity (Wildman–Crippen MR) is 51.3 cm³/mol. The second-order valence-electron chi connectivity index (χ2n) is 2.41. The molecule has 0 bridgehead atoms. The third-order valence-electron chi connectivity index (χ3n) is 1.64. The molecule has 1 heterocycles. The van der Waals surface area contributed by atoms with Crippen molar-refractivity contribution in [2.45, 2.75) is 0 Å². The van der Waals surface area contributed by atoms with Crippen molar-refractivity contribution in [2.75, 3.05) is 0 Å². The van der Waals surface area contributed by atoms with Gasteiger partial charge in [0, 0.05) is 10.8 Å². The Bertz CT molecular complexity index is 482. The van der Waals surface area contributed by atoms with Crippen LogP contribution >= 0.6 is 23.1 Å². The lowest BCUT2D eigenvalue weighted by Crippen LogP contribution is -1.90. The van der Waals surface area contributed by atoms with Crippen molar-refractivity contribution in [3.05, 3.63) is 32.6 Å². The normalized spacial score (nSPS) is 10.5. The fourth-order valence-corrected chi connectivity index (χ4v) is 1.95. The summed E-state index contributed by atoms with van der Waals surface area (Å²) in [4.78, 5) is 10.1. The Balaban J connectivity index is 2.88. The van der Waals surface area contributed by atoms with Crippen LogP contribution < -0.4 is 0 Å². The van der Waals surface area contributed by atoms with Gasteiger partial charge in [-0.15, -0.1) is 0 Å². The molecular formula is C7H3ClN2O2S. The third kappa shape index (κ3) is 1.26. The van der Waals surface area contributed by atoms with Crippen LogP contribution in [0, 0.1) is 10.1 Å². The zero-order valence-corrected chi connectivity index (χ0v) is 7.80. The van der Waals surface area contributed by atoms with Crippen LogP contribution in [0.4, 0.5) is 5.69 Å². The first-order valence-electron chi connectivity index (χ1n) is 3.37. The van der Waals surface area contributed by atoms with Gasteiger partial charge in [0.2, 0.25) is 0 Å². The minimum Gasteiger partial charge on any atom is -0.258 e. The molecule has 0 N–H and O–H groups in total. The molecule has 0 unspecified atom stereocenters. The van der Waals surface area contributed by atoms with Gasteiger partial charge in [-0.25, -0.2) is 0 Å². The van der Waals surface area contributed by atoms with Gasteiger partial charge in [0.05, 0.1) is 4.92 Å². The molecule has 0 atom stereocenters. The number of nitro groups is 1. The van der Waals surface area contributed by atoms with E-state index in [9.17, 15) is 10.1 Å². The highest BCUT2D eigenvalue weighted by molar-refractivity contribution is 7.04. The third-order valence-corrected chi connectivity index (χ3v) is 2.59. The molecule has 0 fully saturated rings. The number of halogens is 1. The maximum atomic E-state index is 10.6. The summed E-state index contributed by atoms with van der Waals surface area (Å²) in [7, 11) is 0. The Morgan fingerprint density at radius 2 is 2.31 bits per heavy atom. The molecular weight excluding hydrogens is 212 g/mol. The number of hydrogen-bond acceptors (Lipinski definition) is 4. The summed E-state index contributed by atoms with van der Waals surface area (Å²) in [6.45, 7) is 0. The second kappa shape index (κ2) is 2.93. The van der Waals surface area contributed by atoms with Gasteiger partial charge in [0.25, 0.3) is 0 Å². The monoisotopic (exact) mass is 214 g/mol. The fraction of sp³-hybridized carbons (Fsp3) is 0. The van der Waals surface area contributed by atoms with E-state index in [1.165, 1.54) is 17.6 Å². The first-order chi connectivity index (χ1) is 6.20. The van der Waals surface area contributed by atoms with Crippen molar-refractivity contribution in [3.63, 3.8) is 0 Å². The van der Waals surface area contributed by atoms with E-state index in [1.807, 2.05) is 0 Å². The molecule has 1 aromatic heterocycles. The molecule has 0 saturated carbocycles. The van der Waals surface area contributed by atoms with Gasteiger partial charge in [-0.3, -0.25) is 10.1 Å². The molecule has 2 rings (SSSR count). The minimum atomic E-state index is -0.510. The summed E-state index contributed by atoms with van der Waals surface area (Å²) >= 11 is 6.86. The molecule has 0 aliphatic heterocycles. The number of hydrogen-bond donors (Lipinski definition) is 0. The van der Waals surface area contributed by atoms with E-state index in [1.54, 1.807) is 11.4 Å². The largest absolute Gasteiger partial charge is 0.314 e. The summed E-state index contributed by atoms with van der Waals surface area (Å²) in [6, 6.07) is 3.23. The van der Waals surface area contributed by atoms with Gasteiger partial charge in [-0.2, -0.15) is 4.37 Å². The Hall–Kier alpha value is -1.20. The molecule has 2 aromatic rings. The van der Waals surface area contributed by atoms with E-state index in [-0.39, 0.29) is 10.7 Å². The van der Waals surface area contributed by atoms with Crippen LogP contribution in [0.5, 0.6) is 0 Å². The van der Waals surface area contributed by atoms with E-state index in [4.69, 9.17) is 11.6 Å². The summed E-state index contributed by atoms with van der Waals surface area (Å²) in [5.74, 6) is 0. The maximum absolute atomic E-state index is 10.6. The highest BCUT2D eigenvalue weighted by atomic mass is 35.5. The molecule has 1 aromatic carbocycles. The van der Waals surface area contributed by atoms with Crippen molar-refractivity contribution in [2.24, 2.45) is 0 Å². The average Bonchev–Trinajstić information content (AvgIpc) is 2.50. The zero-order chi connectivity index (χ0) is 9.42. The summed E-state index contributed by atoms with van der Waals surface area (Å²) in [5, 5.41) is 13.2. The lowest BCUT2D eigenvalue weighted by molar-refractivity contribution is -0.383. The van der Waals surface area contributed by atoms with Crippen molar-refractivity contribution in [1.82, 2.24) is 4.37 Å². The summed E-state index contributed by atoms with van der Waals surface area (Å²) < 4.78 is 3.92. The first-order valence-corrected chi connectivity index (χ1v) is 4.58. The molecule has 0 saturated heterocycles. The maximum Gasteiger partial charge on any atom is 0.314 e. The number of benzene rings is 1. The van der Waals surface area contributed by atoms with Crippen LogP contribution in [0.25, 0.3) is 10.9 Å². The Morgan fingerprint density at radius 3 is 3.00 bits per heavy atom. The number of aromatic nitrogens is 1. The fourth-order valence-electron chi connectivity index (χ4n) is 1.07. The highest BCUT2D eigenvalue weighted by Gasteiger charge is 2.18. The van der Waals surface area contributed by atoms with E-state index in [2.05, 4.69) is 4.37 Å². The Kier molecular flexibility index (Phi) is 1.90. The van der Waals surface area contributed by atoms with Crippen molar-refractivity contribution >= 4 is 39.7 Å². The van der Waals surface area contributed by atoms with Crippen LogP contribution in [-0.4, -0.2) is 9.30 Å². The molecule has 4 nitrogen and oxygen atoms in total. The quantitative estimate of drug-likeness (QED) is 0.542. The van der Waals surface area contributed by atoms with Gasteiger partial charge in [-0.1, -0.05) is 11.6 Å². The Morgan fingerprint density at radius 1 is 1.54 bits per heavy atom. The van der Waals surface area contributed by atoms with E-state index in [0.29, 0.717) is 5.52 Å². The number of nitrogens with zero attached hydrogens (tertiary/aromatic N) is 2. The van der Waals surface area contributed by atoms with Gasteiger partial charge in [0.15, 0.2) is 5.52 Å². The van der Waals surface area contributed by atoms with E-state index >= 15 is 0 Å². The van der Waals surface area contributed by atoms with Crippen LogP contribution in [-0.2, 0) is 0 Å². The van der Waals surface area contributed by atoms with E-state index in [0.717, 1.165) is 5.39 Å². The molecule has 0 spiro atoms. The van der Waals surface area contributed by atoms with Crippen molar-refractivity contribution < 1.29 is 4.92 Å². The molecule has 0 aliphatic carbocycles. The van der Waals surface area contributed by atoms with Crippen LogP contribution in [0.3, 0.4) is 0 Å². The molecule has 66 valence electrons. The molecule has 0 radical (unpaired) electrons. The lowest BCUT2D eigenvalue weighted by atomic mass is 10.2. The van der Waals surface area contributed by atoms with Crippen molar-refractivity contribution in [3.8, 4) is 0 Å². The summed E-state index contributed by atoms with van der Waals surface area (Å²) in [5.41, 5.74) is 0.253. The predicted octanol–water partition coefficient (Wildman–Crippen LogP) is 2.86. The van der Waals surface area contributed by atoms with E-state index < -0.39 is 4.92 Å². The highest BCUT2D eigenvalue weighted by Crippen LogP contribution is 2.32. The van der Waals surface area contributed by atoms with Gasteiger partial charge >= 0.3 is 5.69 Å². The molecule has 0 aliphatic rings. The topological polar surface area (TPSA) is 56.0 Å². The van der Waals surface area contributed by atoms with Crippen LogP contribution in [0.1, 0.15) is 0 Å². The molecule has 0 amide bonds. The lowest BCUT2D eigenvalue weighted by Gasteiger charge is -1.94. The Labute approximate surface area is 82.1 Å². The van der Waals surface area contributed by atoms with Crippen molar-refractivity contribution in [1.29, 1.82) is 0 Å². The van der Waals surface area contributed by atoms with Crippen LogP contribution in [0.2, 0.25) is 5.02 Å².